The van der Waals surface area contributed by atoms with E-state index in [1.54, 1.807) is 12.1 Å². The average molecular weight is 397 g/mol. The standard InChI is InChI=1S/C17H25N5O2S2/c1-20(2)9-5-8-19-17(25)21-10-12-22(13-11-21)26(23,24)16-7-4-3-6-15(16)14-18/h3-4,6-7H,5,8-13H2,1-2H3,(H,19,25)/p+1. The molecule has 0 amide bonds. The maximum atomic E-state index is 12.8. The summed E-state index contributed by atoms with van der Waals surface area (Å²) in [7, 11) is 0.560. The van der Waals surface area contributed by atoms with Gasteiger partial charge in [0.25, 0.3) is 0 Å². The summed E-state index contributed by atoms with van der Waals surface area (Å²) >= 11 is 5.42. The molecule has 1 heterocycles. The Hall–Kier alpha value is -1.73. The van der Waals surface area contributed by atoms with E-state index in [0.29, 0.717) is 31.3 Å². The van der Waals surface area contributed by atoms with Crippen LogP contribution in [0.25, 0.3) is 0 Å². The van der Waals surface area contributed by atoms with Crippen LogP contribution in [-0.2, 0) is 10.0 Å². The van der Waals surface area contributed by atoms with Crippen LogP contribution >= 0.6 is 12.2 Å². The molecule has 7 nitrogen and oxygen atoms in total. The van der Waals surface area contributed by atoms with Crippen molar-refractivity contribution < 1.29 is 13.3 Å². The van der Waals surface area contributed by atoms with Gasteiger partial charge in [0, 0.05) is 39.1 Å². The molecule has 1 aromatic carbocycles. The van der Waals surface area contributed by atoms with Gasteiger partial charge in [0.05, 0.1) is 31.1 Å². The molecule has 0 aromatic heterocycles. The highest BCUT2D eigenvalue weighted by molar-refractivity contribution is 7.89. The second-order valence-corrected chi connectivity index (χ2v) is 8.83. The molecule has 1 aromatic rings. The molecular formula is C17H26N5O2S2+. The molecule has 0 radical (unpaired) electrons. The van der Waals surface area contributed by atoms with E-state index in [9.17, 15) is 8.42 Å². The molecule has 0 saturated carbocycles. The molecule has 1 aliphatic heterocycles. The first-order valence-corrected chi connectivity index (χ1v) is 10.5. The zero-order chi connectivity index (χ0) is 19.2. The summed E-state index contributed by atoms with van der Waals surface area (Å²) in [5, 5.41) is 13.1. The maximum absolute atomic E-state index is 12.8. The lowest BCUT2D eigenvalue weighted by Crippen LogP contribution is -3.05. The number of piperazine rings is 1. The van der Waals surface area contributed by atoms with Crippen molar-refractivity contribution >= 4 is 27.4 Å². The Bertz CT molecular complexity index is 766. The summed E-state index contributed by atoms with van der Waals surface area (Å²) < 4.78 is 27.1. The number of hydrogen-bond donors (Lipinski definition) is 2. The lowest BCUT2D eigenvalue weighted by atomic mass is 10.2. The van der Waals surface area contributed by atoms with Crippen LogP contribution in [0.5, 0.6) is 0 Å². The first-order valence-electron chi connectivity index (χ1n) is 8.67. The van der Waals surface area contributed by atoms with Crippen LogP contribution in [0, 0.1) is 11.3 Å². The van der Waals surface area contributed by atoms with Crippen LogP contribution in [-0.4, -0.2) is 76.1 Å². The van der Waals surface area contributed by atoms with Gasteiger partial charge in [0.1, 0.15) is 6.07 Å². The van der Waals surface area contributed by atoms with Crippen LogP contribution < -0.4 is 10.2 Å². The van der Waals surface area contributed by atoms with Crippen LogP contribution in [0.4, 0.5) is 0 Å². The fraction of sp³-hybridized carbons (Fsp3) is 0.529. The Morgan fingerprint density at radius 1 is 1.27 bits per heavy atom. The molecule has 2 N–H and O–H groups in total. The van der Waals surface area contributed by atoms with Crippen molar-refractivity contribution in [3.05, 3.63) is 29.8 Å². The molecule has 0 unspecified atom stereocenters. The predicted octanol–water partition coefficient (Wildman–Crippen LogP) is -0.726. The summed E-state index contributed by atoms with van der Waals surface area (Å²) in [6.07, 6.45) is 1.03. The largest absolute Gasteiger partial charge is 0.362 e. The van der Waals surface area contributed by atoms with Crippen LogP contribution in [0.1, 0.15) is 12.0 Å². The molecule has 0 bridgehead atoms. The summed E-state index contributed by atoms with van der Waals surface area (Å²) in [6, 6.07) is 8.27. The van der Waals surface area contributed by atoms with Crippen molar-refractivity contribution in [2.45, 2.75) is 11.3 Å². The molecule has 2 rings (SSSR count). The van der Waals surface area contributed by atoms with Gasteiger partial charge in [-0.2, -0.15) is 9.57 Å². The summed E-state index contributed by atoms with van der Waals surface area (Å²) in [5.74, 6) is 0. The molecule has 9 heteroatoms. The molecule has 0 atom stereocenters. The Kier molecular flexibility index (Phi) is 7.34. The van der Waals surface area contributed by atoms with Crippen LogP contribution in [0.15, 0.2) is 29.2 Å². The van der Waals surface area contributed by atoms with Gasteiger partial charge in [-0.25, -0.2) is 8.42 Å². The Morgan fingerprint density at radius 3 is 2.54 bits per heavy atom. The number of nitriles is 1. The molecule has 1 aliphatic rings. The van der Waals surface area contributed by atoms with E-state index in [1.807, 2.05) is 11.0 Å². The van der Waals surface area contributed by atoms with Gasteiger partial charge in [-0.15, -0.1) is 0 Å². The highest BCUT2D eigenvalue weighted by atomic mass is 32.2. The van der Waals surface area contributed by atoms with E-state index in [-0.39, 0.29) is 10.5 Å². The van der Waals surface area contributed by atoms with Crippen LogP contribution in [0.3, 0.4) is 0 Å². The Morgan fingerprint density at radius 2 is 1.92 bits per heavy atom. The smallest absolute Gasteiger partial charge is 0.244 e. The Balaban J connectivity index is 1.91. The lowest BCUT2D eigenvalue weighted by Gasteiger charge is -2.35. The molecule has 1 saturated heterocycles. The number of nitrogens with zero attached hydrogens (tertiary/aromatic N) is 3. The zero-order valence-electron chi connectivity index (χ0n) is 15.2. The minimum Gasteiger partial charge on any atom is -0.362 e. The molecule has 142 valence electrons. The normalized spacial score (nSPS) is 15.7. The number of hydrogen-bond acceptors (Lipinski definition) is 4. The van der Waals surface area contributed by atoms with Gasteiger partial charge in [-0.05, 0) is 24.4 Å². The molecular weight excluding hydrogens is 370 g/mol. The van der Waals surface area contributed by atoms with E-state index in [2.05, 4.69) is 19.4 Å². The van der Waals surface area contributed by atoms with Crippen molar-refractivity contribution in [1.29, 1.82) is 5.26 Å². The number of nitrogens with one attached hydrogen (secondary N) is 2. The third kappa shape index (κ3) is 5.14. The van der Waals surface area contributed by atoms with Gasteiger partial charge in [0.15, 0.2) is 5.11 Å². The lowest BCUT2D eigenvalue weighted by molar-refractivity contribution is -0.858. The number of thiocarbonyl (C=S) groups is 1. The summed E-state index contributed by atoms with van der Waals surface area (Å²) in [4.78, 5) is 3.47. The third-order valence-electron chi connectivity index (χ3n) is 4.28. The average Bonchev–Trinajstić information content (AvgIpc) is 2.65. The van der Waals surface area contributed by atoms with Crippen molar-refractivity contribution in [1.82, 2.24) is 14.5 Å². The fourth-order valence-corrected chi connectivity index (χ4v) is 4.65. The van der Waals surface area contributed by atoms with E-state index < -0.39 is 10.0 Å². The number of sulfonamides is 1. The van der Waals surface area contributed by atoms with E-state index in [0.717, 1.165) is 19.5 Å². The van der Waals surface area contributed by atoms with Crippen molar-refractivity contribution in [3.63, 3.8) is 0 Å². The van der Waals surface area contributed by atoms with Gasteiger partial charge in [0.2, 0.25) is 10.0 Å². The van der Waals surface area contributed by atoms with Gasteiger partial charge >= 0.3 is 0 Å². The van der Waals surface area contributed by atoms with Crippen molar-refractivity contribution in [2.75, 3.05) is 53.4 Å². The van der Waals surface area contributed by atoms with E-state index in [4.69, 9.17) is 17.5 Å². The zero-order valence-corrected chi connectivity index (χ0v) is 16.9. The van der Waals surface area contributed by atoms with Gasteiger partial charge in [-0.3, -0.25) is 0 Å². The number of rotatable bonds is 6. The second-order valence-electron chi connectivity index (χ2n) is 6.54. The van der Waals surface area contributed by atoms with Crippen molar-refractivity contribution in [2.24, 2.45) is 0 Å². The summed E-state index contributed by atoms with van der Waals surface area (Å²) in [5.41, 5.74) is 0.176. The van der Waals surface area contributed by atoms with Crippen LogP contribution in [0.2, 0.25) is 0 Å². The highest BCUT2D eigenvalue weighted by Crippen LogP contribution is 2.21. The van der Waals surface area contributed by atoms with Crippen molar-refractivity contribution in [3.8, 4) is 6.07 Å². The molecule has 26 heavy (non-hydrogen) atoms. The maximum Gasteiger partial charge on any atom is 0.244 e. The number of quaternary nitrogens is 1. The minimum absolute atomic E-state index is 0.0721. The monoisotopic (exact) mass is 396 g/mol. The molecule has 1 fully saturated rings. The quantitative estimate of drug-likeness (QED) is 0.488. The molecule has 0 aliphatic carbocycles. The molecule has 0 spiro atoms. The van der Waals surface area contributed by atoms with Gasteiger partial charge in [-0.1, -0.05) is 12.1 Å². The fourth-order valence-electron chi connectivity index (χ4n) is 2.80. The first kappa shape index (κ1) is 20.6. The Labute approximate surface area is 161 Å². The topological polar surface area (TPSA) is 80.9 Å². The SMILES string of the molecule is C[NH+](C)CCCNC(=S)N1CCN(S(=O)(=O)c2ccccc2C#N)CC1. The highest BCUT2D eigenvalue weighted by Gasteiger charge is 2.30. The third-order valence-corrected chi connectivity index (χ3v) is 6.64. The van der Waals surface area contributed by atoms with Gasteiger partial charge < -0.3 is 15.1 Å². The predicted molar refractivity (Wildman–Crippen MR) is 104 cm³/mol. The minimum atomic E-state index is -3.67. The van der Waals surface area contributed by atoms with E-state index in [1.165, 1.54) is 21.3 Å². The first-order chi connectivity index (χ1) is 12.4. The number of benzene rings is 1. The summed E-state index contributed by atoms with van der Waals surface area (Å²) in [6.45, 7) is 3.67. The van der Waals surface area contributed by atoms with E-state index >= 15 is 0 Å². The second kappa shape index (κ2) is 9.28.